The zero-order valence-electron chi connectivity index (χ0n) is 23.4. The van der Waals surface area contributed by atoms with Gasteiger partial charge in [-0.1, -0.05) is 73.7 Å². The summed E-state index contributed by atoms with van der Waals surface area (Å²) >= 11 is 0. The highest BCUT2D eigenvalue weighted by molar-refractivity contribution is 7.92. The summed E-state index contributed by atoms with van der Waals surface area (Å²) in [6, 6.07) is 24.2. The van der Waals surface area contributed by atoms with Crippen LogP contribution in [-0.2, 0) is 32.5 Å². The van der Waals surface area contributed by atoms with Crippen molar-refractivity contribution in [1.29, 1.82) is 0 Å². The first-order valence-electron chi connectivity index (χ1n) is 13.2. The molecule has 0 radical (unpaired) electrons. The van der Waals surface area contributed by atoms with Gasteiger partial charge in [0.25, 0.3) is 10.0 Å². The van der Waals surface area contributed by atoms with E-state index in [1.165, 1.54) is 21.3 Å². The van der Waals surface area contributed by atoms with Crippen LogP contribution in [0.15, 0.2) is 89.8 Å². The molecule has 3 aromatic carbocycles. The summed E-state index contributed by atoms with van der Waals surface area (Å²) in [5, 5.41) is 2.95. The molecular formula is C31H39N3O4S. The second-order valence-corrected chi connectivity index (χ2v) is 12.4. The predicted octanol–water partition coefficient (Wildman–Crippen LogP) is 4.82. The Labute approximate surface area is 232 Å². The van der Waals surface area contributed by atoms with Crippen LogP contribution in [0.3, 0.4) is 0 Å². The Morgan fingerprint density at radius 1 is 0.872 bits per heavy atom. The summed E-state index contributed by atoms with van der Waals surface area (Å²) in [7, 11) is -4.07. The Morgan fingerprint density at radius 2 is 1.44 bits per heavy atom. The third-order valence-electron chi connectivity index (χ3n) is 6.40. The standard InChI is InChI=1S/C31H39N3O4S/c1-6-26-17-13-14-20-28(26)34(39(37,38)27-18-11-8-12-19-27)23-29(35)33(22-21-25-15-9-7-10-16-25)24(2)30(36)32-31(3,4)5/h7-20,24H,6,21-23H2,1-5H3,(H,32,36). The summed E-state index contributed by atoms with van der Waals surface area (Å²) in [6.07, 6.45) is 1.12. The van der Waals surface area contributed by atoms with E-state index in [0.29, 0.717) is 18.5 Å². The largest absolute Gasteiger partial charge is 0.350 e. The van der Waals surface area contributed by atoms with Crippen LogP contribution in [0.25, 0.3) is 0 Å². The average Bonchev–Trinajstić information content (AvgIpc) is 2.91. The molecule has 0 aliphatic carbocycles. The van der Waals surface area contributed by atoms with Gasteiger partial charge in [0.2, 0.25) is 11.8 Å². The second kappa shape index (κ2) is 12.9. The molecule has 0 aromatic heterocycles. The van der Waals surface area contributed by atoms with Gasteiger partial charge in [-0.3, -0.25) is 13.9 Å². The maximum atomic E-state index is 14.0. The first-order valence-corrected chi connectivity index (χ1v) is 14.7. The Balaban J connectivity index is 2.01. The minimum absolute atomic E-state index is 0.0954. The van der Waals surface area contributed by atoms with Crippen molar-refractivity contribution in [3.8, 4) is 0 Å². The average molecular weight is 550 g/mol. The summed E-state index contributed by atoms with van der Waals surface area (Å²) in [6.45, 7) is 9.09. The van der Waals surface area contributed by atoms with Crippen molar-refractivity contribution in [2.45, 2.75) is 63.9 Å². The lowest BCUT2D eigenvalue weighted by Crippen LogP contribution is -2.55. The Morgan fingerprint density at radius 3 is 2.03 bits per heavy atom. The van der Waals surface area contributed by atoms with Gasteiger partial charge in [-0.05, 0) is 69.9 Å². The van der Waals surface area contributed by atoms with Gasteiger partial charge in [0, 0.05) is 12.1 Å². The second-order valence-electron chi connectivity index (χ2n) is 10.5. The van der Waals surface area contributed by atoms with E-state index in [9.17, 15) is 18.0 Å². The Bertz CT molecular complexity index is 1350. The van der Waals surface area contributed by atoms with Gasteiger partial charge in [-0.25, -0.2) is 8.42 Å². The molecule has 0 fully saturated rings. The summed E-state index contributed by atoms with van der Waals surface area (Å²) in [4.78, 5) is 28.7. The van der Waals surface area contributed by atoms with Crippen LogP contribution >= 0.6 is 0 Å². The number of carbonyl (C=O) groups is 2. The van der Waals surface area contributed by atoms with Gasteiger partial charge >= 0.3 is 0 Å². The van der Waals surface area contributed by atoms with Gasteiger partial charge in [0.05, 0.1) is 10.6 Å². The minimum atomic E-state index is -4.07. The van der Waals surface area contributed by atoms with Gasteiger partial charge < -0.3 is 10.2 Å². The van der Waals surface area contributed by atoms with E-state index in [1.54, 1.807) is 37.3 Å². The lowest BCUT2D eigenvalue weighted by atomic mass is 10.1. The van der Waals surface area contributed by atoms with E-state index in [-0.39, 0.29) is 17.3 Å². The highest BCUT2D eigenvalue weighted by atomic mass is 32.2. The molecule has 0 aliphatic heterocycles. The van der Waals surface area contributed by atoms with Crippen LogP contribution in [0.2, 0.25) is 0 Å². The molecule has 0 saturated carbocycles. The lowest BCUT2D eigenvalue weighted by Gasteiger charge is -2.34. The normalized spacial score (nSPS) is 12.4. The molecule has 3 rings (SSSR count). The molecule has 39 heavy (non-hydrogen) atoms. The minimum Gasteiger partial charge on any atom is -0.350 e. The molecular weight excluding hydrogens is 510 g/mol. The molecule has 2 amide bonds. The fourth-order valence-corrected chi connectivity index (χ4v) is 5.80. The Kier molecular flexibility index (Phi) is 9.92. The maximum absolute atomic E-state index is 14.0. The third-order valence-corrected chi connectivity index (χ3v) is 8.17. The zero-order valence-corrected chi connectivity index (χ0v) is 24.2. The number of sulfonamides is 1. The monoisotopic (exact) mass is 549 g/mol. The van der Waals surface area contributed by atoms with Crippen LogP contribution in [0.5, 0.6) is 0 Å². The SMILES string of the molecule is CCc1ccccc1N(CC(=O)N(CCc1ccccc1)C(C)C(=O)NC(C)(C)C)S(=O)(=O)c1ccccc1. The molecule has 3 aromatic rings. The van der Waals surface area contributed by atoms with E-state index in [0.717, 1.165) is 11.1 Å². The van der Waals surface area contributed by atoms with Crippen LogP contribution in [-0.4, -0.2) is 49.8 Å². The number of aryl methyl sites for hydroxylation is 1. The highest BCUT2D eigenvalue weighted by Crippen LogP contribution is 2.28. The molecule has 0 saturated heterocycles. The molecule has 0 spiro atoms. The molecule has 7 nitrogen and oxygen atoms in total. The molecule has 0 bridgehead atoms. The fourth-order valence-electron chi connectivity index (χ4n) is 4.33. The number of nitrogens with zero attached hydrogens (tertiary/aromatic N) is 2. The third kappa shape index (κ3) is 7.93. The van der Waals surface area contributed by atoms with Crippen molar-refractivity contribution < 1.29 is 18.0 Å². The number of carbonyl (C=O) groups excluding carboxylic acids is 2. The van der Waals surface area contributed by atoms with E-state index >= 15 is 0 Å². The van der Waals surface area contributed by atoms with Gasteiger partial charge in [-0.2, -0.15) is 0 Å². The molecule has 0 aliphatic rings. The zero-order chi connectivity index (χ0) is 28.6. The van der Waals surface area contributed by atoms with Crippen LogP contribution in [0, 0.1) is 0 Å². The number of hydrogen-bond donors (Lipinski definition) is 1. The summed E-state index contributed by atoms with van der Waals surface area (Å²) in [5.41, 5.74) is 1.79. The fraction of sp³-hybridized carbons (Fsp3) is 0.355. The van der Waals surface area contributed by atoms with E-state index < -0.39 is 34.1 Å². The topological polar surface area (TPSA) is 86.8 Å². The molecule has 1 N–H and O–H groups in total. The number of amides is 2. The van der Waals surface area contributed by atoms with Gasteiger partial charge in [0.15, 0.2) is 0 Å². The predicted molar refractivity (Wildman–Crippen MR) is 156 cm³/mol. The van der Waals surface area contributed by atoms with Crippen molar-refractivity contribution in [3.63, 3.8) is 0 Å². The molecule has 1 atom stereocenters. The molecule has 1 unspecified atom stereocenters. The van der Waals surface area contributed by atoms with E-state index in [1.807, 2.05) is 70.2 Å². The summed E-state index contributed by atoms with van der Waals surface area (Å²) < 4.78 is 29.0. The van der Waals surface area contributed by atoms with Crippen molar-refractivity contribution >= 4 is 27.5 Å². The Hall–Kier alpha value is -3.65. The number of hydrogen-bond acceptors (Lipinski definition) is 4. The molecule has 0 heterocycles. The smallest absolute Gasteiger partial charge is 0.264 e. The van der Waals surface area contributed by atoms with Crippen molar-refractivity contribution in [3.05, 3.63) is 96.1 Å². The highest BCUT2D eigenvalue weighted by Gasteiger charge is 2.33. The summed E-state index contributed by atoms with van der Waals surface area (Å²) in [5.74, 6) is -0.747. The molecule has 208 valence electrons. The number of benzene rings is 3. The number of nitrogens with one attached hydrogen (secondary N) is 1. The van der Waals surface area contributed by atoms with Crippen molar-refractivity contribution in [2.75, 3.05) is 17.4 Å². The van der Waals surface area contributed by atoms with Crippen molar-refractivity contribution in [2.24, 2.45) is 0 Å². The van der Waals surface area contributed by atoms with Gasteiger partial charge in [0.1, 0.15) is 12.6 Å². The number of rotatable bonds is 11. The number of para-hydroxylation sites is 1. The van der Waals surface area contributed by atoms with Crippen LogP contribution < -0.4 is 9.62 Å². The van der Waals surface area contributed by atoms with E-state index in [2.05, 4.69) is 5.32 Å². The first-order chi connectivity index (χ1) is 18.4. The maximum Gasteiger partial charge on any atom is 0.264 e. The number of anilines is 1. The van der Waals surface area contributed by atoms with Crippen LogP contribution in [0.4, 0.5) is 5.69 Å². The molecule has 8 heteroatoms. The van der Waals surface area contributed by atoms with Crippen LogP contribution in [0.1, 0.15) is 45.7 Å². The lowest BCUT2D eigenvalue weighted by molar-refractivity contribution is -0.139. The quantitative estimate of drug-likeness (QED) is 0.372. The van der Waals surface area contributed by atoms with Crippen molar-refractivity contribution in [1.82, 2.24) is 10.2 Å². The van der Waals surface area contributed by atoms with E-state index in [4.69, 9.17) is 0 Å². The van der Waals surface area contributed by atoms with Gasteiger partial charge in [-0.15, -0.1) is 0 Å². The first kappa shape index (κ1) is 29.9.